The summed E-state index contributed by atoms with van der Waals surface area (Å²) in [6.45, 7) is 3.73. The summed E-state index contributed by atoms with van der Waals surface area (Å²) in [5.74, 6) is -0.272. The number of aliphatic hydroxyl groups is 1. The molecular formula is C14H21FN2O2. The molecule has 19 heavy (non-hydrogen) atoms. The molecule has 0 saturated carbocycles. The Morgan fingerprint density at radius 3 is 2.63 bits per heavy atom. The van der Waals surface area contributed by atoms with Crippen LogP contribution in [0.15, 0.2) is 24.3 Å². The van der Waals surface area contributed by atoms with Crippen molar-refractivity contribution in [1.82, 2.24) is 10.6 Å². The Morgan fingerprint density at radius 2 is 2.00 bits per heavy atom. The molecule has 5 heteroatoms. The van der Waals surface area contributed by atoms with Crippen molar-refractivity contribution in [3.8, 4) is 0 Å². The highest BCUT2D eigenvalue weighted by atomic mass is 19.1. The Morgan fingerprint density at radius 1 is 1.32 bits per heavy atom. The zero-order valence-electron chi connectivity index (χ0n) is 11.3. The molecule has 0 heterocycles. The number of carbonyl (C=O) groups is 1. The topological polar surface area (TPSA) is 61.4 Å². The van der Waals surface area contributed by atoms with Crippen molar-refractivity contribution >= 4 is 6.03 Å². The molecule has 1 aromatic rings. The van der Waals surface area contributed by atoms with Crippen molar-refractivity contribution in [3.05, 3.63) is 35.6 Å². The maximum Gasteiger partial charge on any atom is 0.315 e. The Bertz CT molecular complexity index is 412. The van der Waals surface area contributed by atoms with Crippen LogP contribution in [0, 0.1) is 5.82 Å². The molecule has 0 aliphatic rings. The first-order chi connectivity index (χ1) is 9.01. The van der Waals surface area contributed by atoms with Gasteiger partial charge >= 0.3 is 6.03 Å². The number of halogens is 1. The Hall–Kier alpha value is -1.62. The summed E-state index contributed by atoms with van der Waals surface area (Å²) < 4.78 is 13.0. The lowest BCUT2D eigenvalue weighted by atomic mass is 10.1. The molecule has 0 fully saturated rings. The molecule has 0 aliphatic carbocycles. The first kappa shape index (κ1) is 15.4. The summed E-state index contributed by atoms with van der Waals surface area (Å²) in [6, 6.07) is 5.89. The van der Waals surface area contributed by atoms with E-state index in [2.05, 4.69) is 10.6 Å². The third kappa shape index (κ3) is 6.20. The van der Waals surface area contributed by atoms with E-state index in [4.69, 9.17) is 5.11 Å². The maximum atomic E-state index is 13.0. The monoisotopic (exact) mass is 268 g/mol. The van der Waals surface area contributed by atoms with E-state index in [0.29, 0.717) is 12.8 Å². The third-order valence-electron chi connectivity index (χ3n) is 2.75. The van der Waals surface area contributed by atoms with Crippen molar-refractivity contribution < 1.29 is 14.3 Å². The predicted molar refractivity (Wildman–Crippen MR) is 72.4 cm³/mol. The van der Waals surface area contributed by atoms with Gasteiger partial charge in [-0.2, -0.15) is 0 Å². The molecule has 0 saturated heterocycles. The summed E-state index contributed by atoms with van der Waals surface area (Å²) in [7, 11) is 0. The Balaban J connectivity index is 2.38. The summed E-state index contributed by atoms with van der Waals surface area (Å²) >= 11 is 0. The standard InChI is InChI=1S/C14H21FN2O2/c1-10(6-7-18)16-14(19)17-11(2)8-12-4-3-5-13(15)9-12/h3-5,9-11,18H,6-8H2,1-2H3,(H2,16,17,19)/t10-,11?/m1/s1. The van der Waals surface area contributed by atoms with Crippen molar-refractivity contribution in [2.24, 2.45) is 0 Å². The Labute approximate surface area is 113 Å². The molecule has 4 nitrogen and oxygen atoms in total. The average molecular weight is 268 g/mol. The molecule has 0 radical (unpaired) electrons. The van der Waals surface area contributed by atoms with Crippen LogP contribution in [0.3, 0.4) is 0 Å². The fraction of sp³-hybridized carbons (Fsp3) is 0.500. The zero-order chi connectivity index (χ0) is 14.3. The summed E-state index contributed by atoms with van der Waals surface area (Å²) in [6.07, 6.45) is 1.09. The largest absolute Gasteiger partial charge is 0.396 e. The number of hydrogen-bond donors (Lipinski definition) is 3. The third-order valence-corrected chi connectivity index (χ3v) is 2.75. The van der Waals surface area contributed by atoms with E-state index in [1.165, 1.54) is 12.1 Å². The van der Waals surface area contributed by atoms with Gasteiger partial charge in [0.15, 0.2) is 0 Å². The van der Waals surface area contributed by atoms with Gasteiger partial charge < -0.3 is 15.7 Å². The number of hydrogen-bond acceptors (Lipinski definition) is 2. The van der Waals surface area contributed by atoms with Gasteiger partial charge in [0.1, 0.15) is 5.82 Å². The first-order valence-corrected chi connectivity index (χ1v) is 6.43. The highest BCUT2D eigenvalue weighted by molar-refractivity contribution is 5.74. The Kier molecular flexibility index (Phi) is 6.29. The van der Waals surface area contributed by atoms with Crippen LogP contribution in [0.4, 0.5) is 9.18 Å². The molecular weight excluding hydrogens is 247 g/mol. The highest BCUT2D eigenvalue weighted by Crippen LogP contribution is 2.06. The van der Waals surface area contributed by atoms with Crippen LogP contribution in [0.2, 0.25) is 0 Å². The summed E-state index contributed by atoms with van der Waals surface area (Å²) in [5, 5.41) is 14.3. The van der Waals surface area contributed by atoms with Crippen molar-refractivity contribution in [1.29, 1.82) is 0 Å². The van der Waals surface area contributed by atoms with E-state index in [9.17, 15) is 9.18 Å². The molecule has 2 amide bonds. The lowest BCUT2D eigenvalue weighted by Crippen LogP contribution is -2.45. The van der Waals surface area contributed by atoms with Gasteiger partial charge in [0.25, 0.3) is 0 Å². The molecule has 1 aromatic carbocycles. The number of rotatable bonds is 6. The summed E-state index contributed by atoms with van der Waals surface area (Å²) in [5.41, 5.74) is 0.844. The summed E-state index contributed by atoms with van der Waals surface area (Å²) in [4.78, 5) is 11.6. The molecule has 1 rings (SSSR count). The normalized spacial score (nSPS) is 13.7. The molecule has 0 aromatic heterocycles. The number of carbonyl (C=O) groups excluding carboxylic acids is 1. The molecule has 0 bridgehead atoms. The smallest absolute Gasteiger partial charge is 0.315 e. The average Bonchev–Trinajstić information content (AvgIpc) is 2.28. The van der Waals surface area contributed by atoms with Gasteiger partial charge in [-0.3, -0.25) is 0 Å². The zero-order valence-corrected chi connectivity index (χ0v) is 11.3. The number of amides is 2. The van der Waals surface area contributed by atoms with Crippen LogP contribution in [0.25, 0.3) is 0 Å². The van der Waals surface area contributed by atoms with Gasteiger partial charge in [0, 0.05) is 18.7 Å². The second-order valence-electron chi connectivity index (χ2n) is 4.77. The molecule has 3 N–H and O–H groups in total. The minimum absolute atomic E-state index is 0.0420. The maximum absolute atomic E-state index is 13.0. The van der Waals surface area contributed by atoms with Crippen LogP contribution in [-0.4, -0.2) is 29.8 Å². The van der Waals surface area contributed by atoms with Crippen LogP contribution in [0.5, 0.6) is 0 Å². The van der Waals surface area contributed by atoms with E-state index in [1.54, 1.807) is 6.07 Å². The minimum Gasteiger partial charge on any atom is -0.396 e. The quantitative estimate of drug-likeness (QED) is 0.737. The SMILES string of the molecule is CC(Cc1cccc(F)c1)NC(=O)N[C@H](C)CCO. The van der Waals surface area contributed by atoms with Gasteiger partial charge in [-0.1, -0.05) is 12.1 Å². The van der Waals surface area contributed by atoms with E-state index in [1.807, 2.05) is 19.9 Å². The first-order valence-electron chi connectivity index (χ1n) is 6.43. The van der Waals surface area contributed by atoms with Gasteiger partial charge in [-0.25, -0.2) is 9.18 Å². The van der Waals surface area contributed by atoms with Gasteiger partial charge in [-0.15, -0.1) is 0 Å². The van der Waals surface area contributed by atoms with Crippen molar-refractivity contribution in [2.45, 2.75) is 38.8 Å². The molecule has 0 spiro atoms. The van der Waals surface area contributed by atoms with Crippen LogP contribution in [0.1, 0.15) is 25.8 Å². The number of urea groups is 1. The highest BCUT2D eigenvalue weighted by Gasteiger charge is 2.10. The number of aliphatic hydroxyl groups excluding tert-OH is 1. The minimum atomic E-state index is -0.273. The van der Waals surface area contributed by atoms with Crippen molar-refractivity contribution in [3.63, 3.8) is 0 Å². The van der Waals surface area contributed by atoms with Crippen LogP contribution >= 0.6 is 0 Å². The van der Waals surface area contributed by atoms with Gasteiger partial charge in [0.05, 0.1) is 0 Å². The van der Waals surface area contributed by atoms with Gasteiger partial charge in [0.2, 0.25) is 0 Å². The molecule has 2 atom stereocenters. The second kappa shape index (κ2) is 7.74. The lowest BCUT2D eigenvalue weighted by Gasteiger charge is -2.17. The van der Waals surface area contributed by atoms with E-state index in [-0.39, 0.29) is 30.5 Å². The van der Waals surface area contributed by atoms with Crippen LogP contribution in [-0.2, 0) is 6.42 Å². The number of nitrogens with one attached hydrogen (secondary N) is 2. The van der Waals surface area contributed by atoms with Crippen molar-refractivity contribution in [2.75, 3.05) is 6.61 Å². The van der Waals surface area contributed by atoms with Gasteiger partial charge in [-0.05, 0) is 44.4 Å². The van der Waals surface area contributed by atoms with E-state index < -0.39 is 0 Å². The number of benzene rings is 1. The fourth-order valence-corrected chi connectivity index (χ4v) is 1.82. The fourth-order valence-electron chi connectivity index (χ4n) is 1.82. The molecule has 106 valence electrons. The van der Waals surface area contributed by atoms with E-state index in [0.717, 1.165) is 5.56 Å². The lowest BCUT2D eigenvalue weighted by molar-refractivity contribution is 0.228. The molecule has 1 unspecified atom stereocenters. The van der Waals surface area contributed by atoms with Crippen LogP contribution < -0.4 is 10.6 Å². The van der Waals surface area contributed by atoms with E-state index >= 15 is 0 Å². The predicted octanol–water partition coefficient (Wildman–Crippen LogP) is 1.83. The second-order valence-corrected chi connectivity index (χ2v) is 4.77. The molecule has 0 aliphatic heterocycles.